The molecule has 0 unspecified atom stereocenters. The average molecular weight is 559 g/mol. The van der Waals surface area contributed by atoms with Gasteiger partial charge in [-0.15, -0.1) is 0 Å². The Labute approximate surface area is 228 Å². The Morgan fingerprint density at radius 3 is 2.38 bits per heavy atom. The van der Waals surface area contributed by atoms with Gasteiger partial charge in [-0.3, -0.25) is 9.59 Å². The number of halogens is 3. The molecule has 1 saturated heterocycles. The second kappa shape index (κ2) is 10.5. The highest BCUT2D eigenvalue weighted by molar-refractivity contribution is 5.83. The third kappa shape index (κ3) is 5.10. The van der Waals surface area contributed by atoms with Crippen molar-refractivity contribution in [1.29, 1.82) is 0 Å². The third-order valence-electron chi connectivity index (χ3n) is 7.20. The lowest BCUT2D eigenvalue weighted by Gasteiger charge is -2.23. The normalized spacial score (nSPS) is 16.8. The number of Topliss-reactive ketones (excluding diaryl/α,β-unsaturated/α-hetero) is 1. The van der Waals surface area contributed by atoms with Crippen LogP contribution in [0.4, 0.5) is 24.5 Å². The number of anilines is 2. The minimum Gasteiger partial charge on any atom is -0.497 e. The molecular formula is C28H29F3N4O5. The Balaban J connectivity index is 1.80. The highest BCUT2D eigenvalue weighted by atomic mass is 19.4. The molecule has 2 aromatic carbocycles. The van der Waals surface area contributed by atoms with Gasteiger partial charge in [-0.1, -0.05) is 0 Å². The summed E-state index contributed by atoms with van der Waals surface area (Å²) in [7, 11) is 2.95. The number of hydrogen-bond donors (Lipinski definition) is 1. The van der Waals surface area contributed by atoms with Gasteiger partial charge in [-0.2, -0.15) is 23.0 Å². The number of benzene rings is 2. The lowest BCUT2D eigenvalue weighted by atomic mass is 10.0. The van der Waals surface area contributed by atoms with Gasteiger partial charge in [0.25, 0.3) is 5.56 Å². The van der Waals surface area contributed by atoms with E-state index in [2.05, 4.69) is 5.10 Å². The van der Waals surface area contributed by atoms with Crippen molar-refractivity contribution in [3.8, 4) is 28.4 Å². The minimum atomic E-state index is -4.78. The van der Waals surface area contributed by atoms with E-state index in [0.29, 0.717) is 54.2 Å². The lowest BCUT2D eigenvalue weighted by molar-refractivity contribution is -0.137. The van der Waals surface area contributed by atoms with Gasteiger partial charge < -0.3 is 24.4 Å². The topological polar surface area (TPSA) is 97.1 Å². The molecule has 0 radical (unpaired) electrons. The summed E-state index contributed by atoms with van der Waals surface area (Å²) in [6, 6.07) is 8.52. The maximum Gasteiger partial charge on any atom is 0.418 e. The number of nitrogens with zero attached hydrogens (tertiary/aromatic N) is 4. The van der Waals surface area contributed by atoms with Gasteiger partial charge in [0, 0.05) is 42.5 Å². The molecule has 2 aliphatic rings. The van der Waals surface area contributed by atoms with E-state index in [1.54, 1.807) is 28.0 Å². The molecule has 40 heavy (non-hydrogen) atoms. The predicted molar refractivity (Wildman–Crippen MR) is 143 cm³/mol. The van der Waals surface area contributed by atoms with Crippen LogP contribution in [-0.2, 0) is 17.4 Å². The van der Waals surface area contributed by atoms with Crippen molar-refractivity contribution < 1.29 is 32.5 Å². The second-order valence-electron chi connectivity index (χ2n) is 9.96. The van der Waals surface area contributed by atoms with E-state index in [9.17, 15) is 27.9 Å². The van der Waals surface area contributed by atoms with E-state index in [-0.39, 0.29) is 30.3 Å². The highest BCUT2D eigenvalue weighted by Gasteiger charge is 2.37. The number of fused-ring (bicyclic) bond motifs is 1. The van der Waals surface area contributed by atoms with Crippen LogP contribution in [-0.4, -0.2) is 67.2 Å². The number of β-amino-alcohol motifs (C(OH)–C–C–N with tert-alkyl or cyclic N) is 1. The highest BCUT2D eigenvalue weighted by Crippen LogP contribution is 2.39. The minimum absolute atomic E-state index is 0.0645. The van der Waals surface area contributed by atoms with Crippen molar-refractivity contribution >= 4 is 17.2 Å². The first-order chi connectivity index (χ1) is 19.0. The number of hydrogen-bond acceptors (Lipinski definition) is 8. The third-order valence-corrected chi connectivity index (χ3v) is 7.20. The number of ketones is 1. The number of aromatic nitrogens is 2. The summed E-state index contributed by atoms with van der Waals surface area (Å²) in [5.74, 6) is 0.685. The fraction of sp³-hybridized carbons (Fsp3) is 0.393. The van der Waals surface area contributed by atoms with Crippen LogP contribution in [0.25, 0.3) is 16.9 Å². The largest absolute Gasteiger partial charge is 0.497 e. The van der Waals surface area contributed by atoms with E-state index >= 15 is 0 Å². The Hall–Kier alpha value is -4.06. The van der Waals surface area contributed by atoms with Crippen LogP contribution in [0.1, 0.15) is 24.5 Å². The van der Waals surface area contributed by atoms with Gasteiger partial charge in [0.05, 0.1) is 43.8 Å². The molecule has 3 heterocycles. The number of ether oxygens (including phenoxy) is 2. The first-order valence-corrected chi connectivity index (χ1v) is 12.8. The van der Waals surface area contributed by atoms with Crippen LogP contribution in [0.3, 0.4) is 0 Å². The first-order valence-electron chi connectivity index (χ1n) is 12.8. The van der Waals surface area contributed by atoms with Crippen LogP contribution in [0, 0.1) is 0 Å². The SMILES string of the molecule is COc1cc(OC)cc(-c2nn(-c3cc(N4CC[C@H](O)C4)ccc3C(F)(F)F)c(=O)c3c2CCN3CC(C)=O)c1. The first kappa shape index (κ1) is 27.5. The van der Waals surface area contributed by atoms with E-state index in [0.717, 1.165) is 10.7 Å². The van der Waals surface area contributed by atoms with Crippen molar-refractivity contribution in [1.82, 2.24) is 9.78 Å². The summed E-state index contributed by atoms with van der Waals surface area (Å²) in [6.45, 7) is 2.38. The quantitative estimate of drug-likeness (QED) is 0.471. The van der Waals surface area contributed by atoms with Crippen LogP contribution < -0.4 is 24.8 Å². The molecule has 0 amide bonds. The molecule has 0 saturated carbocycles. The van der Waals surface area contributed by atoms with Gasteiger partial charge in [-0.25, -0.2) is 0 Å². The van der Waals surface area contributed by atoms with Gasteiger partial charge in [0.2, 0.25) is 0 Å². The molecule has 12 heteroatoms. The molecule has 2 aliphatic heterocycles. The summed E-state index contributed by atoms with van der Waals surface area (Å²) in [5.41, 5.74) is -0.357. The molecule has 0 spiro atoms. The van der Waals surface area contributed by atoms with Crippen LogP contribution in [0.5, 0.6) is 11.5 Å². The summed E-state index contributed by atoms with van der Waals surface area (Å²) in [6.07, 6.45) is -4.52. The lowest BCUT2D eigenvalue weighted by Crippen LogP contribution is -2.34. The van der Waals surface area contributed by atoms with Crippen molar-refractivity contribution in [2.24, 2.45) is 0 Å². The molecule has 9 nitrogen and oxygen atoms in total. The Bertz CT molecular complexity index is 1500. The molecule has 0 aliphatic carbocycles. The molecule has 1 N–H and O–H groups in total. The predicted octanol–water partition coefficient (Wildman–Crippen LogP) is 3.46. The number of aliphatic hydroxyl groups is 1. The van der Waals surface area contributed by atoms with Gasteiger partial charge >= 0.3 is 6.18 Å². The van der Waals surface area contributed by atoms with Gasteiger partial charge in [0.1, 0.15) is 23.0 Å². The molecule has 1 aromatic heterocycles. The standard InChI is InChI=1S/C28H29F3N4O5/c1-16(36)14-34-9-7-22-25(17-10-20(39-2)13-21(11-17)40-3)32-35(27(38)26(22)34)24-12-18(33-8-6-19(37)15-33)4-5-23(24)28(29,30)31/h4-5,10-13,19,37H,6-9,14-15H2,1-3H3/t19-/m0/s1. The summed E-state index contributed by atoms with van der Waals surface area (Å²) < 4.78 is 54.4. The van der Waals surface area contributed by atoms with E-state index < -0.39 is 29.1 Å². The molecule has 1 atom stereocenters. The number of aliphatic hydroxyl groups excluding tert-OH is 1. The fourth-order valence-electron chi connectivity index (χ4n) is 5.34. The molecule has 0 bridgehead atoms. The number of alkyl halides is 3. The summed E-state index contributed by atoms with van der Waals surface area (Å²) in [5, 5.41) is 14.5. The summed E-state index contributed by atoms with van der Waals surface area (Å²) >= 11 is 0. The fourth-order valence-corrected chi connectivity index (χ4v) is 5.34. The number of carbonyl (C=O) groups excluding carboxylic acids is 1. The van der Waals surface area contributed by atoms with Gasteiger partial charge in [-0.05, 0) is 50.1 Å². The Morgan fingerprint density at radius 2 is 1.80 bits per heavy atom. The number of rotatable bonds is 7. The maximum absolute atomic E-state index is 14.3. The zero-order chi connectivity index (χ0) is 28.8. The monoisotopic (exact) mass is 558 g/mol. The Kier molecular flexibility index (Phi) is 7.21. The molecule has 212 valence electrons. The van der Waals surface area contributed by atoms with Crippen LogP contribution in [0.2, 0.25) is 0 Å². The van der Waals surface area contributed by atoms with Crippen molar-refractivity contribution in [2.45, 2.75) is 32.0 Å². The number of methoxy groups -OCH3 is 2. The van der Waals surface area contributed by atoms with Crippen LogP contribution in [0.15, 0.2) is 41.2 Å². The molecule has 1 fully saturated rings. The second-order valence-corrected chi connectivity index (χ2v) is 9.96. The molecule has 3 aromatic rings. The smallest absolute Gasteiger partial charge is 0.418 e. The Morgan fingerprint density at radius 1 is 1.10 bits per heavy atom. The van der Waals surface area contributed by atoms with E-state index in [1.165, 1.54) is 33.3 Å². The van der Waals surface area contributed by atoms with E-state index in [4.69, 9.17) is 9.47 Å². The van der Waals surface area contributed by atoms with Crippen molar-refractivity contribution in [3.05, 3.63) is 57.9 Å². The van der Waals surface area contributed by atoms with Crippen molar-refractivity contribution in [3.63, 3.8) is 0 Å². The molecule has 5 rings (SSSR count). The summed E-state index contributed by atoms with van der Waals surface area (Å²) in [4.78, 5) is 29.3. The van der Waals surface area contributed by atoms with Gasteiger partial charge in [0.15, 0.2) is 0 Å². The van der Waals surface area contributed by atoms with Crippen LogP contribution >= 0.6 is 0 Å². The average Bonchev–Trinajstić information content (AvgIpc) is 3.54. The zero-order valence-corrected chi connectivity index (χ0v) is 22.3. The maximum atomic E-state index is 14.3. The van der Waals surface area contributed by atoms with Crippen molar-refractivity contribution in [2.75, 3.05) is 50.2 Å². The molecular weight excluding hydrogens is 529 g/mol. The van der Waals surface area contributed by atoms with E-state index in [1.807, 2.05) is 0 Å². The zero-order valence-electron chi connectivity index (χ0n) is 22.3. The number of carbonyl (C=O) groups is 1.